The van der Waals surface area contributed by atoms with Crippen LogP contribution in [-0.2, 0) is 0 Å². The van der Waals surface area contributed by atoms with Crippen LogP contribution >= 0.6 is 0 Å². The molecule has 1 heteroatoms. The molecule has 56 valence electrons. The van der Waals surface area contributed by atoms with E-state index in [2.05, 4.69) is 18.0 Å². The van der Waals surface area contributed by atoms with Crippen LogP contribution in [0.15, 0.2) is 11.6 Å². The van der Waals surface area contributed by atoms with Gasteiger partial charge in [-0.15, -0.1) is 0 Å². The maximum atomic E-state index is 2.43. The third kappa shape index (κ3) is 1.24. The van der Waals surface area contributed by atoms with Crippen LogP contribution in [0.2, 0.25) is 0 Å². The molecular weight excluding hydrogens is 122 g/mol. The van der Waals surface area contributed by atoms with E-state index in [-0.39, 0.29) is 0 Å². The van der Waals surface area contributed by atoms with Gasteiger partial charge in [-0.2, -0.15) is 0 Å². The van der Waals surface area contributed by atoms with Crippen LogP contribution in [0.25, 0.3) is 0 Å². The highest BCUT2D eigenvalue weighted by Crippen LogP contribution is 2.38. The predicted octanol–water partition coefficient (Wildman–Crippen LogP) is 1.66. The fourth-order valence-electron chi connectivity index (χ4n) is 1.61. The summed E-state index contributed by atoms with van der Waals surface area (Å²) in [6.45, 7) is 2.47. The summed E-state index contributed by atoms with van der Waals surface area (Å²) < 4.78 is 0. The molecule has 2 aliphatic rings. The Kier molecular flexibility index (Phi) is 1.53. The van der Waals surface area contributed by atoms with Crippen molar-refractivity contribution < 1.29 is 0 Å². The number of nitrogens with zero attached hydrogens (tertiary/aromatic N) is 1. The Morgan fingerprint density at radius 3 is 2.80 bits per heavy atom. The Morgan fingerprint density at radius 1 is 1.50 bits per heavy atom. The van der Waals surface area contributed by atoms with Crippen LogP contribution in [0.5, 0.6) is 0 Å². The van der Waals surface area contributed by atoms with Crippen molar-refractivity contribution >= 4 is 0 Å². The molecule has 0 aromatic heterocycles. The third-order valence-corrected chi connectivity index (χ3v) is 2.55. The molecular formula is C9H15N. The van der Waals surface area contributed by atoms with Gasteiger partial charge in [0.1, 0.15) is 0 Å². The zero-order chi connectivity index (χ0) is 6.97. The lowest BCUT2D eigenvalue weighted by Crippen LogP contribution is -2.24. The first-order valence-electron chi connectivity index (χ1n) is 4.24. The molecule has 0 saturated heterocycles. The van der Waals surface area contributed by atoms with Crippen molar-refractivity contribution in [3.63, 3.8) is 0 Å². The van der Waals surface area contributed by atoms with E-state index in [4.69, 9.17) is 0 Å². The standard InChI is InChI=1S/C9H15N/c1-10-6-4-9(5-7-10)8-2-3-8/h4,8H,2-3,5-7H2,1H3. The van der Waals surface area contributed by atoms with Gasteiger partial charge in [-0.1, -0.05) is 11.6 Å². The van der Waals surface area contributed by atoms with Crippen LogP contribution in [0, 0.1) is 5.92 Å². The lowest BCUT2D eigenvalue weighted by Gasteiger charge is -2.21. The maximum absolute atomic E-state index is 2.43. The van der Waals surface area contributed by atoms with Gasteiger partial charge in [0.25, 0.3) is 0 Å². The fourth-order valence-corrected chi connectivity index (χ4v) is 1.61. The van der Waals surface area contributed by atoms with Gasteiger partial charge in [0.15, 0.2) is 0 Å². The monoisotopic (exact) mass is 137 g/mol. The van der Waals surface area contributed by atoms with E-state index in [1.54, 1.807) is 5.57 Å². The molecule has 0 atom stereocenters. The van der Waals surface area contributed by atoms with Gasteiger partial charge >= 0.3 is 0 Å². The van der Waals surface area contributed by atoms with Crippen LogP contribution in [0.3, 0.4) is 0 Å². The van der Waals surface area contributed by atoms with E-state index in [0.29, 0.717) is 0 Å². The fraction of sp³-hybridized carbons (Fsp3) is 0.778. The average molecular weight is 137 g/mol. The molecule has 1 nitrogen and oxygen atoms in total. The van der Waals surface area contributed by atoms with E-state index in [9.17, 15) is 0 Å². The van der Waals surface area contributed by atoms with Crippen molar-refractivity contribution in [1.82, 2.24) is 4.90 Å². The van der Waals surface area contributed by atoms with E-state index >= 15 is 0 Å². The molecule has 1 aliphatic carbocycles. The van der Waals surface area contributed by atoms with Crippen molar-refractivity contribution in [2.75, 3.05) is 20.1 Å². The van der Waals surface area contributed by atoms with Crippen LogP contribution in [-0.4, -0.2) is 25.0 Å². The summed E-state index contributed by atoms with van der Waals surface area (Å²) >= 11 is 0. The Labute approximate surface area is 62.7 Å². The number of rotatable bonds is 1. The van der Waals surface area contributed by atoms with E-state index in [0.717, 1.165) is 5.92 Å². The summed E-state index contributed by atoms with van der Waals surface area (Å²) in [5, 5.41) is 0. The Balaban J connectivity index is 1.96. The Hall–Kier alpha value is -0.300. The molecule has 0 aromatic carbocycles. The second-order valence-electron chi connectivity index (χ2n) is 3.57. The summed E-state index contributed by atoms with van der Waals surface area (Å²) in [5.74, 6) is 1.01. The van der Waals surface area contributed by atoms with Gasteiger partial charge in [0.2, 0.25) is 0 Å². The largest absolute Gasteiger partial charge is 0.302 e. The van der Waals surface area contributed by atoms with Gasteiger partial charge < -0.3 is 4.90 Å². The predicted molar refractivity (Wildman–Crippen MR) is 42.9 cm³/mol. The third-order valence-electron chi connectivity index (χ3n) is 2.55. The van der Waals surface area contributed by atoms with Crippen LogP contribution in [0.4, 0.5) is 0 Å². The van der Waals surface area contributed by atoms with Crippen molar-refractivity contribution in [2.45, 2.75) is 19.3 Å². The first kappa shape index (κ1) is 6.41. The molecule has 1 fully saturated rings. The second kappa shape index (κ2) is 2.39. The molecule has 0 unspecified atom stereocenters. The molecule has 0 amide bonds. The molecule has 2 rings (SSSR count). The van der Waals surface area contributed by atoms with Gasteiger partial charge in [-0.3, -0.25) is 0 Å². The van der Waals surface area contributed by atoms with E-state index in [1.807, 2.05) is 0 Å². The molecule has 10 heavy (non-hydrogen) atoms. The molecule has 0 spiro atoms. The minimum Gasteiger partial charge on any atom is -0.302 e. The molecule has 1 aliphatic heterocycles. The minimum atomic E-state index is 1.01. The second-order valence-corrected chi connectivity index (χ2v) is 3.57. The lowest BCUT2D eigenvalue weighted by atomic mass is 10.0. The summed E-state index contributed by atoms with van der Waals surface area (Å²) in [6.07, 6.45) is 6.70. The molecule has 0 N–H and O–H groups in total. The first-order chi connectivity index (χ1) is 4.86. The average Bonchev–Trinajstić information content (AvgIpc) is 2.71. The van der Waals surface area contributed by atoms with Crippen LogP contribution < -0.4 is 0 Å². The zero-order valence-corrected chi connectivity index (χ0v) is 6.64. The van der Waals surface area contributed by atoms with E-state index < -0.39 is 0 Å². The maximum Gasteiger partial charge on any atom is 0.0163 e. The number of likely N-dealkylation sites (N-methyl/N-ethyl adjacent to an activating group) is 1. The zero-order valence-electron chi connectivity index (χ0n) is 6.64. The van der Waals surface area contributed by atoms with Crippen molar-refractivity contribution in [3.8, 4) is 0 Å². The van der Waals surface area contributed by atoms with Crippen molar-refractivity contribution in [3.05, 3.63) is 11.6 Å². The van der Waals surface area contributed by atoms with Crippen molar-refractivity contribution in [2.24, 2.45) is 5.92 Å². The number of hydrogen-bond donors (Lipinski definition) is 0. The topological polar surface area (TPSA) is 3.24 Å². The van der Waals surface area contributed by atoms with Crippen molar-refractivity contribution in [1.29, 1.82) is 0 Å². The highest BCUT2D eigenvalue weighted by Gasteiger charge is 2.26. The molecule has 0 bridgehead atoms. The molecule has 1 heterocycles. The smallest absolute Gasteiger partial charge is 0.0163 e. The summed E-state index contributed by atoms with van der Waals surface area (Å²) in [4.78, 5) is 2.38. The Bertz CT molecular complexity index is 156. The van der Waals surface area contributed by atoms with Crippen LogP contribution in [0.1, 0.15) is 19.3 Å². The van der Waals surface area contributed by atoms with Gasteiger partial charge in [-0.05, 0) is 32.2 Å². The SMILES string of the molecule is CN1CC=C(C2CC2)CC1. The van der Waals surface area contributed by atoms with E-state index in [1.165, 1.54) is 32.4 Å². The number of hydrogen-bond acceptors (Lipinski definition) is 1. The highest BCUT2D eigenvalue weighted by molar-refractivity contribution is 5.15. The highest BCUT2D eigenvalue weighted by atomic mass is 15.1. The molecule has 1 saturated carbocycles. The minimum absolute atomic E-state index is 1.01. The molecule has 0 radical (unpaired) electrons. The lowest BCUT2D eigenvalue weighted by molar-refractivity contribution is 0.355. The van der Waals surface area contributed by atoms with Gasteiger partial charge in [0.05, 0.1) is 0 Å². The summed E-state index contributed by atoms with van der Waals surface area (Å²) in [6, 6.07) is 0. The normalized spacial score (nSPS) is 28.3. The molecule has 0 aromatic rings. The van der Waals surface area contributed by atoms with Gasteiger partial charge in [0, 0.05) is 13.1 Å². The Morgan fingerprint density at radius 2 is 2.30 bits per heavy atom. The summed E-state index contributed by atoms with van der Waals surface area (Å²) in [5.41, 5.74) is 1.75. The van der Waals surface area contributed by atoms with Gasteiger partial charge in [-0.25, -0.2) is 0 Å². The quantitative estimate of drug-likeness (QED) is 0.497. The first-order valence-corrected chi connectivity index (χ1v) is 4.24. The summed E-state index contributed by atoms with van der Waals surface area (Å²) in [7, 11) is 2.19.